The molecule has 0 aliphatic rings. The van der Waals surface area contributed by atoms with Crippen molar-refractivity contribution in [3.8, 4) is 0 Å². The summed E-state index contributed by atoms with van der Waals surface area (Å²) in [7, 11) is -0.404. The summed E-state index contributed by atoms with van der Waals surface area (Å²) in [6, 6.07) is 31.0. The number of benzene rings is 3. The molecule has 199 valence electrons. The zero-order valence-corrected chi connectivity index (χ0v) is 24.2. The highest BCUT2D eigenvalue weighted by atomic mass is 32.1. The SMILES string of the molecule is S=c1n(Cc2ccccc2)ccn1[B-](n1ccn(Cc2ccccc2)c1=S)n1ccn(Cc2ccccc2)c1=S. The van der Waals surface area contributed by atoms with Gasteiger partial charge in [0.2, 0.25) is 7.12 Å². The van der Waals surface area contributed by atoms with Gasteiger partial charge in [-0.25, -0.2) is 0 Å². The number of hydrogen-bond acceptors (Lipinski definition) is 3. The van der Waals surface area contributed by atoms with Crippen LogP contribution in [0.4, 0.5) is 0 Å². The maximum atomic E-state index is 6.03. The quantitative estimate of drug-likeness (QED) is 0.140. The van der Waals surface area contributed by atoms with E-state index in [2.05, 4.69) is 63.5 Å². The van der Waals surface area contributed by atoms with Crippen molar-refractivity contribution in [3.05, 3.63) is 159 Å². The molecule has 3 aromatic carbocycles. The summed E-state index contributed by atoms with van der Waals surface area (Å²) in [6.45, 7) is 2.04. The summed E-state index contributed by atoms with van der Waals surface area (Å²) in [4.78, 5) is 0. The van der Waals surface area contributed by atoms with Crippen LogP contribution < -0.4 is 0 Å². The van der Waals surface area contributed by atoms with Crippen LogP contribution in [0.1, 0.15) is 16.7 Å². The lowest BCUT2D eigenvalue weighted by atomic mass is 9.92. The van der Waals surface area contributed by atoms with Crippen molar-refractivity contribution in [1.29, 1.82) is 0 Å². The van der Waals surface area contributed by atoms with E-state index in [0.29, 0.717) is 33.9 Å². The van der Waals surface area contributed by atoms with Crippen molar-refractivity contribution in [1.82, 2.24) is 27.1 Å². The zero-order chi connectivity index (χ0) is 27.5. The molecule has 0 N–H and O–H groups in total. The van der Waals surface area contributed by atoms with Crippen molar-refractivity contribution in [2.45, 2.75) is 19.6 Å². The fourth-order valence-corrected chi connectivity index (χ4v) is 5.76. The molecule has 0 atom stereocenters. The molecule has 3 heterocycles. The summed E-state index contributed by atoms with van der Waals surface area (Å²) in [6.07, 6.45) is 12.1. The molecule has 0 aliphatic carbocycles. The molecule has 3 aromatic heterocycles. The highest BCUT2D eigenvalue weighted by Crippen LogP contribution is 2.14. The minimum atomic E-state index is -0.404. The first-order valence-corrected chi connectivity index (χ1v) is 14.2. The highest BCUT2D eigenvalue weighted by molar-refractivity contribution is 7.71. The summed E-state index contributed by atoms with van der Waals surface area (Å²) >= 11 is 18.1. The van der Waals surface area contributed by atoms with Gasteiger partial charge in [-0.1, -0.05) is 91.0 Å². The number of nitrogens with zero attached hydrogens (tertiary/aromatic N) is 6. The predicted molar refractivity (Wildman–Crippen MR) is 168 cm³/mol. The van der Waals surface area contributed by atoms with Crippen molar-refractivity contribution in [2.24, 2.45) is 0 Å². The van der Waals surface area contributed by atoms with Crippen LogP contribution in [0, 0.1) is 14.3 Å². The molecule has 0 spiro atoms. The Hall–Kier alpha value is -3.99. The second-order valence-electron chi connectivity index (χ2n) is 9.65. The Morgan fingerprint density at radius 3 is 0.950 bits per heavy atom. The van der Waals surface area contributed by atoms with Gasteiger partial charge < -0.3 is 27.1 Å². The second kappa shape index (κ2) is 11.6. The van der Waals surface area contributed by atoms with Crippen LogP contribution in [0.25, 0.3) is 0 Å². The standard InChI is InChI=1S/C30H27BN6S3/c38-28-32(22-25-10-4-1-5-11-25)16-19-35(28)31(36-20-17-33(29(36)39)23-26-12-6-2-7-13-26)37-21-18-34(30(37)40)24-27-14-8-3-9-15-27/h1-21H,22-24H2/q-1. The van der Waals surface area contributed by atoms with Gasteiger partial charge in [-0.3, -0.25) is 0 Å². The molecule has 6 rings (SSSR count). The Morgan fingerprint density at radius 2 is 0.675 bits per heavy atom. The average molecular weight is 579 g/mol. The third-order valence-electron chi connectivity index (χ3n) is 6.96. The maximum absolute atomic E-state index is 6.03. The van der Waals surface area contributed by atoms with E-state index in [1.807, 2.05) is 91.8 Å². The van der Waals surface area contributed by atoms with E-state index in [9.17, 15) is 0 Å². The first-order valence-electron chi connectivity index (χ1n) is 13.0. The van der Waals surface area contributed by atoms with Crippen LogP contribution >= 0.6 is 36.7 Å². The molecular weight excluding hydrogens is 551 g/mol. The molecule has 0 saturated heterocycles. The third-order valence-corrected chi connectivity index (χ3v) is 8.29. The minimum absolute atomic E-state index is 0.404. The van der Waals surface area contributed by atoms with E-state index in [1.165, 1.54) is 16.7 Å². The molecule has 0 unspecified atom stereocenters. The predicted octanol–water partition coefficient (Wildman–Crippen LogP) is 6.76. The van der Waals surface area contributed by atoms with Crippen LogP contribution in [0.5, 0.6) is 0 Å². The molecule has 0 bridgehead atoms. The Bertz CT molecular complexity index is 1670. The van der Waals surface area contributed by atoms with Crippen molar-refractivity contribution in [3.63, 3.8) is 0 Å². The summed E-state index contributed by atoms with van der Waals surface area (Å²) < 4.78 is 14.5. The minimum Gasteiger partial charge on any atom is -0.484 e. The molecule has 0 aliphatic heterocycles. The lowest BCUT2D eigenvalue weighted by Crippen LogP contribution is -2.41. The molecular formula is C30H27BN6S3-. The van der Waals surface area contributed by atoms with Gasteiger partial charge in [0.25, 0.3) is 0 Å². The third kappa shape index (κ3) is 5.38. The summed E-state index contributed by atoms with van der Waals surface area (Å²) in [5, 5.41) is 0. The molecule has 6 aromatic rings. The highest BCUT2D eigenvalue weighted by Gasteiger charge is 2.14. The van der Waals surface area contributed by atoms with E-state index >= 15 is 0 Å². The molecule has 10 heteroatoms. The average Bonchev–Trinajstić information content (AvgIpc) is 3.65. The Balaban J connectivity index is 1.43. The van der Waals surface area contributed by atoms with E-state index in [0.717, 1.165) is 0 Å². The van der Waals surface area contributed by atoms with Gasteiger partial charge in [0.15, 0.2) is 0 Å². The van der Waals surface area contributed by atoms with E-state index in [4.69, 9.17) is 36.7 Å². The molecule has 1 radical (unpaired) electrons. The van der Waals surface area contributed by atoms with E-state index in [1.54, 1.807) is 0 Å². The lowest BCUT2D eigenvalue weighted by Gasteiger charge is -2.33. The number of hydrogen-bond donors (Lipinski definition) is 0. The van der Waals surface area contributed by atoms with Gasteiger partial charge in [0.1, 0.15) is 14.3 Å². The topological polar surface area (TPSA) is 29.6 Å². The number of aromatic nitrogens is 6. The first kappa shape index (κ1) is 26.2. The fraction of sp³-hybridized carbons (Fsp3) is 0.100. The van der Waals surface area contributed by atoms with Gasteiger partial charge in [0, 0.05) is 38.2 Å². The molecule has 0 fully saturated rings. The zero-order valence-electron chi connectivity index (χ0n) is 21.7. The van der Waals surface area contributed by atoms with Crippen molar-refractivity contribution in [2.75, 3.05) is 0 Å². The van der Waals surface area contributed by atoms with Crippen molar-refractivity contribution >= 4 is 43.8 Å². The van der Waals surface area contributed by atoms with Gasteiger partial charge >= 0.3 is 0 Å². The first-order chi connectivity index (χ1) is 19.6. The van der Waals surface area contributed by atoms with Gasteiger partial charge in [0.05, 0.1) is 0 Å². The van der Waals surface area contributed by atoms with Crippen LogP contribution in [-0.2, 0) is 19.6 Å². The van der Waals surface area contributed by atoms with Crippen LogP contribution in [0.3, 0.4) is 0 Å². The Morgan fingerprint density at radius 1 is 0.400 bits per heavy atom. The smallest absolute Gasteiger partial charge is 0.209 e. The molecule has 0 amide bonds. The Kier molecular flexibility index (Phi) is 7.63. The molecule has 0 saturated carbocycles. The summed E-state index contributed by atoms with van der Waals surface area (Å²) in [5.74, 6) is 0. The van der Waals surface area contributed by atoms with Gasteiger partial charge in [-0.05, 0) is 71.9 Å². The van der Waals surface area contributed by atoms with Crippen LogP contribution in [0.15, 0.2) is 128 Å². The van der Waals surface area contributed by atoms with E-state index < -0.39 is 7.12 Å². The fourth-order valence-electron chi connectivity index (χ4n) is 4.92. The van der Waals surface area contributed by atoms with Crippen LogP contribution in [-0.4, -0.2) is 34.3 Å². The van der Waals surface area contributed by atoms with Gasteiger partial charge in [-0.15, -0.1) is 0 Å². The second-order valence-corrected chi connectivity index (χ2v) is 10.7. The lowest BCUT2D eigenvalue weighted by molar-refractivity contribution is 0.748. The monoisotopic (exact) mass is 578 g/mol. The number of rotatable bonds is 9. The molecule has 6 nitrogen and oxygen atoms in total. The van der Waals surface area contributed by atoms with Crippen LogP contribution in [0.2, 0.25) is 0 Å². The van der Waals surface area contributed by atoms with Gasteiger partial charge in [-0.2, -0.15) is 0 Å². The van der Waals surface area contributed by atoms with Crippen molar-refractivity contribution < 1.29 is 0 Å². The number of imidazole rings is 3. The Labute approximate surface area is 248 Å². The largest absolute Gasteiger partial charge is 0.484 e. The molecule has 40 heavy (non-hydrogen) atoms. The van der Waals surface area contributed by atoms with E-state index in [-0.39, 0.29) is 0 Å². The maximum Gasteiger partial charge on any atom is 0.209 e. The normalized spacial score (nSPS) is 11.3. The summed E-state index contributed by atoms with van der Waals surface area (Å²) in [5.41, 5.74) is 3.55.